The van der Waals surface area contributed by atoms with Crippen molar-refractivity contribution in [3.63, 3.8) is 0 Å². The van der Waals surface area contributed by atoms with Crippen LogP contribution in [0.25, 0.3) is 11.4 Å². The van der Waals surface area contributed by atoms with Crippen LogP contribution in [0, 0.1) is 5.41 Å². The fourth-order valence-corrected chi connectivity index (χ4v) is 3.26. The molecule has 0 spiro atoms. The maximum absolute atomic E-state index is 12.8. The number of benzene rings is 1. The molecule has 0 fully saturated rings. The molecule has 0 atom stereocenters. The number of aromatic nitrogens is 2. The minimum atomic E-state index is -0.567. The van der Waals surface area contributed by atoms with Gasteiger partial charge in [-0.1, -0.05) is 30.3 Å². The van der Waals surface area contributed by atoms with E-state index in [2.05, 4.69) is 0 Å². The van der Waals surface area contributed by atoms with Crippen molar-refractivity contribution < 1.29 is 4.79 Å². The summed E-state index contributed by atoms with van der Waals surface area (Å²) in [5.74, 6) is 1.98. The summed E-state index contributed by atoms with van der Waals surface area (Å²) in [7, 11) is 3.95. The highest BCUT2D eigenvalue weighted by molar-refractivity contribution is 6.19. The summed E-state index contributed by atoms with van der Waals surface area (Å²) < 4.78 is 0. The maximum atomic E-state index is 12.8. The molecule has 1 amide bonds. The average molecular weight is 373 g/mol. The highest BCUT2D eigenvalue weighted by Crippen LogP contribution is 2.31. The van der Waals surface area contributed by atoms with Crippen LogP contribution >= 0.6 is 11.6 Å². The van der Waals surface area contributed by atoms with Gasteiger partial charge in [0, 0.05) is 44.1 Å². The molecule has 0 aliphatic carbocycles. The van der Waals surface area contributed by atoms with E-state index in [9.17, 15) is 4.79 Å². The Morgan fingerprint density at radius 3 is 2.54 bits per heavy atom. The zero-order chi connectivity index (χ0) is 18.9. The molecule has 1 aliphatic rings. The minimum Gasteiger partial charge on any atom is -0.362 e. The Morgan fingerprint density at radius 2 is 1.92 bits per heavy atom. The van der Waals surface area contributed by atoms with E-state index < -0.39 is 5.41 Å². The average Bonchev–Trinajstić information content (AvgIpc) is 2.66. The first-order valence-electron chi connectivity index (χ1n) is 8.81. The lowest BCUT2D eigenvalue weighted by molar-refractivity contribution is -0.140. The van der Waals surface area contributed by atoms with Gasteiger partial charge >= 0.3 is 0 Å². The van der Waals surface area contributed by atoms with E-state index in [0.29, 0.717) is 19.0 Å². The first-order chi connectivity index (χ1) is 12.3. The topological polar surface area (TPSA) is 49.3 Å². The lowest BCUT2D eigenvalue weighted by Crippen LogP contribution is -2.45. The number of carbonyl (C=O) groups excluding carboxylic acids is 1. The third kappa shape index (κ3) is 3.54. The Labute approximate surface area is 160 Å². The van der Waals surface area contributed by atoms with Crippen molar-refractivity contribution >= 4 is 23.3 Å². The molecule has 138 valence electrons. The van der Waals surface area contributed by atoms with E-state index in [-0.39, 0.29) is 5.91 Å². The highest BCUT2D eigenvalue weighted by Gasteiger charge is 2.34. The summed E-state index contributed by atoms with van der Waals surface area (Å²) in [6.07, 6.45) is 0.725. The second kappa shape index (κ2) is 7.23. The van der Waals surface area contributed by atoms with Crippen LogP contribution in [0.3, 0.4) is 0 Å². The molecule has 0 saturated carbocycles. The number of amides is 1. The summed E-state index contributed by atoms with van der Waals surface area (Å²) in [5.41, 5.74) is 2.48. The number of rotatable bonds is 4. The number of nitrogens with zero attached hydrogens (tertiary/aromatic N) is 4. The molecule has 0 saturated heterocycles. The van der Waals surface area contributed by atoms with Crippen molar-refractivity contribution in [2.45, 2.75) is 26.8 Å². The molecule has 5 nitrogen and oxygen atoms in total. The molecule has 0 unspecified atom stereocenters. The molecule has 1 aromatic carbocycles. The Hall–Kier alpha value is -2.14. The van der Waals surface area contributed by atoms with Gasteiger partial charge in [0.1, 0.15) is 5.82 Å². The molecule has 1 aromatic heterocycles. The van der Waals surface area contributed by atoms with Crippen LogP contribution in [0.15, 0.2) is 30.3 Å². The molecule has 3 rings (SSSR count). The normalized spacial score (nSPS) is 14.1. The smallest absolute Gasteiger partial charge is 0.229 e. The van der Waals surface area contributed by atoms with Gasteiger partial charge in [0.15, 0.2) is 5.82 Å². The van der Waals surface area contributed by atoms with Crippen LogP contribution in [-0.4, -0.2) is 47.3 Å². The van der Waals surface area contributed by atoms with Crippen LogP contribution in [0.5, 0.6) is 0 Å². The maximum Gasteiger partial charge on any atom is 0.229 e. The van der Waals surface area contributed by atoms with Crippen LogP contribution in [-0.2, 0) is 17.8 Å². The zero-order valence-electron chi connectivity index (χ0n) is 15.8. The molecular formula is C20H25ClN4O. The van der Waals surface area contributed by atoms with Gasteiger partial charge in [0.25, 0.3) is 0 Å². The third-order valence-electron chi connectivity index (χ3n) is 4.69. The van der Waals surface area contributed by atoms with Crippen molar-refractivity contribution in [1.29, 1.82) is 0 Å². The van der Waals surface area contributed by atoms with Gasteiger partial charge in [-0.2, -0.15) is 0 Å². The fourth-order valence-electron chi connectivity index (χ4n) is 3.14. The van der Waals surface area contributed by atoms with E-state index in [1.54, 1.807) is 0 Å². The number of alkyl halides is 1. The SMILES string of the molecule is CN(C)c1nc(-c2ccccc2)nc2c1CN(C(=O)C(C)(C)CCl)CC2. The van der Waals surface area contributed by atoms with E-state index in [0.717, 1.165) is 34.9 Å². The van der Waals surface area contributed by atoms with Gasteiger partial charge in [0.05, 0.1) is 17.7 Å². The molecular weight excluding hydrogens is 348 g/mol. The van der Waals surface area contributed by atoms with Crippen molar-refractivity contribution in [2.75, 3.05) is 31.4 Å². The molecule has 0 N–H and O–H groups in total. The van der Waals surface area contributed by atoms with Gasteiger partial charge in [-0.3, -0.25) is 4.79 Å². The largest absolute Gasteiger partial charge is 0.362 e. The number of halogens is 1. The summed E-state index contributed by atoms with van der Waals surface area (Å²) in [6, 6.07) is 9.99. The van der Waals surface area contributed by atoms with E-state index in [4.69, 9.17) is 21.6 Å². The molecule has 0 bridgehead atoms. The third-order valence-corrected chi connectivity index (χ3v) is 5.36. The molecule has 2 heterocycles. The first-order valence-corrected chi connectivity index (χ1v) is 9.35. The Morgan fingerprint density at radius 1 is 1.23 bits per heavy atom. The number of anilines is 1. The van der Waals surface area contributed by atoms with E-state index in [1.807, 2.05) is 68.1 Å². The Bertz CT molecular complexity index is 805. The van der Waals surface area contributed by atoms with Gasteiger partial charge in [-0.15, -0.1) is 11.6 Å². The van der Waals surface area contributed by atoms with Crippen LogP contribution in [0.1, 0.15) is 25.1 Å². The Kier molecular flexibility index (Phi) is 5.19. The van der Waals surface area contributed by atoms with Gasteiger partial charge in [0.2, 0.25) is 5.91 Å². The molecule has 26 heavy (non-hydrogen) atoms. The zero-order valence-corrected chi connectivity index (χ0v) is 16.5. The monoisotopic (exact) mass is 372 g/mol. The fraction of sp³-hybridized carbons (Fsp3) is 0.450. The molecule has 0 radical (unpaired) electrons. The minimum absolute atomic E-state index is 0.0787. The number of hydrogen-bond donors (Lipinski definition) is 0. The number of carbonyl (C=O) groups is 1. The highest BCUT2D eigenvalue weighted by atomic mass is 35.5. The van der Waals surface area contributed by atoms with Gasteiger partial charge < -0.3 is 9.80 Å². The first kappa shape index (κ1) is 18.6. The Balaban J connectivity index is 1.99. The van der Waals surface area contributed by atoms with Gasteiger partial charge in [-0.05, 0) is 13.8 Å². The second-order valence-corrected chi connectivity index (χ2v) is 7.82. The summed E-state index contributed by atoms with van der Waals surface area (Å²) >= 11 is 6.00. The molecule has 6 heteroatoms. The lowest BCUT2D eigenvalue weighted by Gasteiger charge is -2.35. The van der Waals surface area contributed by atoms with Crippen molar-refractivity contribution in [3.05, 3.63) is 41.6 Å². The van der Waals surface area contributed by atoms with Crippen molar-refractivity contribution in [1.82, 2.24) is 14.9 Å². The standard InChI is InChI=1S/C20H25ClN4O/c1-20(2,13-21)19(26)25-11-10-16-15(12-25)18(24(3)4)23-17(22-16)14-8-6-5-7-9-14/h5-9H,10-13H2,1-4H3. The second-order valence-electron chi connectivity index (χ2n) is 7.55. The molecule has 1 aliphatic heterocycles. The van der Waals surface area contributed by atoms with Crippen LogP contribution in [0.2, 0.25) is 0 Å². The van der Waals surface area contributed by atoms with Crippen LogP contribution in [0.4, 0.5) is 5.82 Å². The van der Waals surface area contributed by atoms with Crippen molar-refractivity contribution in [3.8, 4) is 11.4 Å². The number of hydrogen-bond acceptors (Lipinski definition) is 4. The summed E-state index contributed by atoms with van der Waals surface area (Å²) in [4.78, 5) is 26.3. The summed E-state index contributed by atoms with van der Waals surface area (Å²) in [6.45, 7) is 4.96. The predicted molar refractivity (Wildman–Crippen MR) is 105 cm³/mol. The molecule has 2 aromatic rings. The summed E-state index contributed by atoms with van der Waals surface area (Å²) in [5, 5.41) is 0. The number of fused-ring (bicyclic) bond motifs is 1. The predicted octanol–water partition coefficient (Wildman–Crippen LogP) is 3.36. The van der Waals surface area contributed by atoms with E-state index >= 15 is 0 Å². The quantitative estimate of drug-likeness (QED) is 0.772. The lowest BCUT2D eigenvalue weighted by atomic mass is 9.92. The van der Waals surface area contributed by atoms with Crippen LogP contribution < -0.4 is 4.90 Å². The van der Waals surface area contributed by atoms with E-state index in [1.165, 1.54) is 0 Å². The van der Waals surface area contributed by atoms with Gasteiger partial charge in [-0.25, -0.2) is 9.97 Å². The van der Waals surface area contributed by atoms with Crippen molar-refractivity contribution in [2.24, 2.45) is 5.41 Å².